The fraction of sp³-hybridized carbons (Fsp3) is 0.484. The second-order valence-electron chi connectivity index (χ2n) is 10.4. The minimum Gasteiger partial charge on any atom is -0.345 e. The van der Waals surface area contributed by atoms with E-state index in [-0.39, 0.29) is 11.6 Å². The number of allylic oxidation sites excluding steroid dienone is 7. The van der Waals surface area contributed by atoms with Crippen molar-refractivity contribution in [3.63, 3.8) is 0 Å². The van der Waals surface area contributed by atoms with Crippen LogP contribution >= 0.6 is 0 Å². The molecule has 1 aromatic carbocycles. The molecule has 1 fully saturated rings. The second kappa shape index (κ2) is 10.8. The van der Waals surface area contributed by atoms with Crippen LogP contribution in [0.1, 0.15) is 107 Å². The molecule has 3 rings (SSSR count). The maximum atomic E-state index is 13.2. The van der Waals surface area contributed by atoms with Gasteiger partial charge in [-0.25, -0.2) is 0 Å². The zero-order valence-electron chi connectivity index (χ0n) is 21.8. The van der Waals surface area contributed by atoms with Crippen molar-refractivity contribution in [1.82, 2.24) is 0 Å². The topological polar surface area (TPSA) is 46.7 Å². The first-order valence-corrected chi connectivity index (χ1v) is 12.6. The summed E-state index contributed by atoms with van der Waals surface area (Å²) in [7, 11) is 0. The first kappa shape index (κ1) is 26.1. The van der Waals surface area contributed by atoms with Gasteiger partial charge in [0.05, 0.1) is 0 Å². The van der Waals surface area contributed by atoms with Crippen LogP contribution in [0.4, 0.5) is 0 Å². The van der Waals surface area contributed by atoms with Crippen molar-refractivity contribution >= 4 is 11.6 Å². The lowest BCUT2D eigenvalue weighted by Gasteiger charge is -2.22. The summed E-state index contributed by atoms with van der Waals surface area (Å²) in [5, 5.41) is 0. The van der Waals surface area contributed by atoms with Crippen LogP contribution in [0.2, 0.25) is 0 Å². The molecule has 1 aliphatic heterocycles. The summed E-state index contributed by atoms with van der Waals surface area (Å²) >= 11 is 0. The quantitative estimate of drug-likeness (QED) is 0.247. The largest absolute Gasteiger partial charge is 0.345 e. The first-order chi connectivity index (χ1) is 16.1. The number of ether oxygens (including phenoxy) is 1. The van der Waals surface area contributed by atoms with Crippen molar-refractivity contribution < 1.29 is 14.3 Å². The number of fused-ring (bicyclic) bond motifs is 2. The Morgan fingerprint density at radius 2 is 1.21 bits per heavy atom. The Bertz CT molecular complexity index is 1060. The molecule has 0 N–H and O–H groups in total. The van der Waals surface area contributed by atoms with Crippen molar-refractivity contribution in [2.75, 3.05) is 0 Å². The molecule has 3 heteroatoms. The highest BCUT2D eigenvalue weighted by Gasteiger charge is 2.77. The van der Waals surface area contributed by atoms with Crippen LogP contribution in [-0.4, -0.2) is 22.8 Å². The van der Waals surface area contributed by atoms with Crippen LogP contribution in [-0.2, 0) is 4.74 Å². The molecular formula is C31H40O3. The van der Waals surface area contributed by atoms with E-state index in [4.69, 9.17) is 4.74 Å². The second-order valence-corrected chi connectivity index (χ2v) is 10.4. The summed E-state index contributed by atoms with van der Waals surface area (Å²) in [5.74, 6) is -0.136. The number of carbonyl (C=O) groups excluding carboxylic acids is 2. The van der Waals surface area contributed by atoms with Crippen LogP contribution in [0.25, 0.3) is 0 Å². The number of hydrogen-bond donors (Lipinski definition) is 0. The number of rotatable bonds is 11. The van der Waals surface area contributed by atoms with Gasteiger partial charge in [0, 0.05) is 17.5 Å². The first-order valence-electron chi connectivity index (χ1n) is 12.6. The number of carbonyl (C=O) groups is 2. The van der Waals surface area contributed by atoms with Crippen molar-refractivity contribution in [2.24, 2.45) is 0 Å². The molecule has 1 heterocycles. The van der Waals surface area contributed by atoms with Crippen LogP contribution < -0.4 is 0 Å². The molecule has 0 amide bonds. The summed E-state index contributed by atoms with van der Waals surface area (Å²) < 4.78 is 5.89. The Balaban J connectivity index is 1.48. The number of ketones is 2. The smallest absolute Gasteiger partial charge is 0.199 e. The zero-order chi connectivity index (χ0) is 24.9. The third kappa shape index (κ3) is 5.58. The lowest BCUT2D eigenvalue weighted by atomic mass is 9.73. The molecular weight excluding hydrogens is 420 g/mol. The monoisotopic (exact) mass is 460 g/mol. The van der Waals surface area contributed by atoms with E-state index in [1.807, 2.05) is 0 Å². The van der Waals surface area contributed by atoms with Crippen molar-refractivity contribution in [3.05, 3.63) is 82.0 Å². The molecule has 1 saturated heterocycles. The maximum absolute atomic E-state index is 13.2. The van der Waals surface area contributed by atoms with Crippen LogP contribution in [0.15, 0.2) is 70.9 Å². The van der Waals surface area contributed by atoms with E-state index in [1.165, 1.54) is 22.3 Å². The predicted molar refractivity (Wildman–Crippen MR) is 140 cm³/mol. The Kier molecular flexibility index (Phi) is 8.30. The third-order valence-corrected chi connectivity index (χ3v) is 7.22. The Morgan fingerprint density at radius 1 is 0.735 bits per heavy atom. The number of epoxide rings is 1. The summed E-state index contributed by atoms with van der Waals surface area (Å²) in [6, 6.07) is 7.07. The third-order valence-electron chi connectivity index (χ3n) is 7.22. The van der Waals surface area contributed by atoms with Gasteiger partial charge in [-0.1, -0.05) is 70.9 Å². The predicted octanol–water partition coefficient (Wildman–Crippen LogP) is 8.13. The summed E-state index contributed by atoms with van der Waals surface area (Å²) in [4.78, 5) is 26.1. The lowest BCUT2D eigenvalue weighted by Crippen LogP contribution is -2.43. The molecule has 0 unspecified atom stereocenters. The van der Waals surface area contributed by atoms with Gasteiger partial charge in [-0.2, -0.15) is 0 Å². The minimum atomic E-state index is -1.03. The normalized spacial score (nSPS) is 24.6. The van der Waals surface area contributed by atoms with E-state index in [1.54, 1.807) is 31.2 Å². The fourth-order valence-electron chi connectivity index (χ4n) is 4.80. The molecule has 0 aromatic heterocycles. The Labute approximate surface area is 205 Å². The van der Waals surface area contributed by atoms with Gasteiger partial charge in [0.25, 0.3) is 0 Å². The molecule has 1 aromatic rings. The molecule has 2 aliphatic rings. The van der Waals surface area contributed by atoms with Crippen LogP contribution in [0, 0.1) is 0 Å². The van der Waals surface area contributed by atoms with Crippen LogP contribution in [0.5, 0.6) is 0 Å². The van der Waals surface area contributed by atoms with Gasteiger partial charge >= 0.3 is 0 Å². The van der Waals surface area contributed by atoms with Crippen molar-refractivity contribution in [1.29, 1.82) is 0 Å². The van der Waals surface area contributed by atoms with Gasteiger partial charge in [-0.3, -0.25) is 9.59 Å². The SMILES string of the molecule is CC(C)=CCC/C(C)=C/CC/C(C)=C/CC/C(C)=C/C[C@]12O[C@]1(C)C(=O)c1ccccc1C2=O. The average Bonchev–Trinajstić information content (AvgIpc) is 3.43. The van der Waals surface area contributed by atoms with Gasteiger partial charge in [-0.05, 0) is 80.1 Å². The highest BCUT2D eigenvalue weighted by atomic mass is 16.6. The van der Waals surface area contributed by atoms with E-state index < -0.39 is 11.2 Å². The van der Waals surface area contributed by atoms with Gasteiger partial charge in [0.2, 0.25) is 0 Å². The minimum absolute atomic E-state index is 0.0609. The molecule has 182 valence electrons. The van der Waals surface area contributed by atoms with Gasteiger partial charge < -0.3 is 4.74 Å². The van der Waals surface area contributed by atoms with Crippen molar-refractivity contribution in [3.8, 4) is 0 Å². The van der Waals surface area contributed by atoms with E-state index >= 15 is 0 Å². The van der Waals surface area contributed by atoms with Crippen molar-refractivity contribution in [2.45, 2.75) is 97.7 Å². The van der Waals surface area contributed by atoms with E-state index in [9.17, 15) is 9.59 Å². The summed E-state index contributed by atoms with van der Waals surface area (Å²) in [5.41, 5.74) is 4.43. The molecule has 1 aliphatic carbocycles. The maximum Gasteiger partial charge on any atom is 0.199 e. The molecule has 0 spiro atoms. The Morgan fingerprint density at radius 3 is 1.74 bits per heavy atom. The highest BCUT2D eigenvalue weighted by molar-refractivity contribution is 6.25. The van der Waals surface area contributed by atoms with E-state index in [0.717, 1.165) is 38.5 Å². The van der Waals surface area contributed by atoms with Gasteiger partial charge in [0.1, 0.15) is 0 Å². The molecule has 3 nitrogen and oxygen atoms in total. The number of benzene rings is 1. The lowest BCUT2D eigenvalue weighted by molar-refractivity contribution is 0.0847. The van der Waals surface area contributed by atoms with Crippen LogP contribution in [0.3, 0.4) is 0 Å². The molecule has 0 bridgehead atoms. The fourth-order valence-corrected chi connectivity index (χ4v) is 4.80. The van der Waals surface area contributed by atoms with Gasteiger partial charge in [0.15, 0.2) is 22.8 Å². The van der Waals surface area contributed by atoms with E-state index in [2.05, 4.69) is 58.9 Å². The summed E-state index contributed by atoms with van der Waals surface area (Å²) in [6.45, 7) is 12.6. The highest BCUT2D eigenvalue weighted by Crippen LogP contribution is 2.57. The molecule has 34 heavy (non-hydrogen) atoms. The number of hydrogen-bond acceptors (Lipinski definition) is 3. The Hall–Kier alpha value is -2.52. The molecule has 0 radical (unpaired) electrons. The zero-order valence-corrected chi connectivity index (χ0v) is 21.8. The standard InChI is InChI=1S/C31H40O3/c1-22(2)12-9-13-23(3)14-10-15-24(4)16-11-17-25(5)20-21-31-29(33)27-19-8-7-18-26(27)28(32)30(31,6)34-31/h7-8,12,14,16,18-20H,9-11,13,15,17,21H2,1-6H3/b23-14+,24-16+,25-20+/t30-,31-/m1/s1. The molecule has 0 saturated carbocycles. The van der Waals surface area contributed by atoms with Gasteiger partial charge in [-0.15, -0.1) is 0 Å². The number of Topliss-reactive ketones (excluding diaryl/α,β-unsaturated/α-hetero) is 2. The average molecular weight is 461 g/mol. The van der Waals surface area contributed by atoms with E-state index in [0.29, 0.717) is 17.5 Å². The molecule has 2 atom stereocenters. The summed E-state index contributed by atoms with van der Waals surface area (Å²) in [6.07, 6.45) is 15.9.